The molecule has 0 spiro atoms. The van der Waals surface area contributed by atoms with E-state index in [1.54, 1.807) is 12.4 Å². The number of alkyl carbamates (subject to hydrolysis) is 1. The Morgan fingerprint density at radius 1 is 1.36 bits per heavy atom. The Morgan fingerprint density at radius 2 is 2.05 bits per heavy atom. The van der Waals surface area contributed by atoms with E-state index in [1.807, 2.05) is 12.1 Å². The van der Waals surface area contributed by atoms with Crippen LogP contribution in [0, 0.1) is 5.92 Å². The molecular weight excluding hydrogens is 282 g/mol. The van der Waals surface area contributed by atoms with Crippen LogP contribution in [0.5, 0.6) is 0 Å². The number of rotatable bonds is 6. The van der Waals surface area contributed by atoms with Gasteiger partial charge in [0.25, 0.3) is 0 Å². The molecule has 1 amide bonds. The summed E-state index contributed by atoms with van der Waals surface area (Å²) in [6.45, 7) is 7.64. The first-order valence-corrected chi connectivity index (χ1v) is 7.81. The summed E-state index contributed by atoms with van der Waals surface area (Å²) in [5.74, 6) is 0.311. The summed E-state index contributed by atoms with van der Waals surface area (Å²) in [7, 11) is 0. The zero-order chi connectivity index (χ0) is 15.8. The maximum atomic E-state index is 12.0. The summed E-state index contributed by atoms with van der Waals surface area (Å²) >= 11 is 0. The van der Waals surface area contributed by atoms with Crippen LogP contribution in [0.2, 0.25) is 0 Å². The molecule has 1 fully saturated rings. The normalized spacial score (nSPS) is 17.2. The molecular formula is C16H25N3O3. The van der Waals surface area contributed by atoms with Gasteiger partial charge in [-0.25, -0.2) is 4.79 Å². The standard InChI is InChI=1S/C16H25N3O3/c1-13(2)15(19-8-11-21-12-9-19)18-16(20)22-10-5-14-3-6-17-7-4-14/h3-4,6-7,13,15H,5,8-12H2,1-2H3,(H,18,20). The van der Waals surface area contributed by atoms with E-state index >= 15 is 0 Å². The molecule has 1 aromatic heterocycles. The first-order valence-electron chi connectivity index (χ1n) is 7.81. The van der Waals surface area contributed by atoms with E-state index in [-0.39, 0.29) is 12.3 Å². The van der Waals surface area contributed by atoms with Crippen LogP contribution in [-0.4, -0.2) is 55.1 Å². The van der Waals surface area contributed by atoms with Gasteiger partial charge in [0.05, 0.1) is 26.0 Å². The van der Waals surface area contributed by atoms with E-state index in [0.717, 1.165) is 18.7 Å². The monoisotopic (exact) mass is 307 g/mol. The zero-order valence-corrected chi connectivity index (χ0v) is 13.3. The number of morpholine rings is 1. The molecule has 0 aliphatic carbocycles. The lowest BCUT2D eigenvalue weighted by atomic mass is 10.1. The van der Waals surface area contributed by atoms with Gasteiger partial charge in [-0.2, -0.15) is 0 Å². The van der Waals surface area contributed by atoms with Gasteiger partial charge in [0.2, 0.25) is 0 Å². The average Bonchev–Trinajstić information content (AvgIpc) is 2.54. The van der Waals surface area contributed by atoms with Crippen molar-refractivity contribution < 1.29 is 14.3 Å². The van der Waals surface area contributed by atoms with Crippen LogP contribution in [0.3, 0.4) is 0 Å². The van der Waals surface area contributed by atoms with E-state index in [0.29, 0.717) is 32.2 Å². The summed E-state index contributed by atoms with van der Waals surface area (Å²) in [5, 5.41) is 2.97. The number of nitrogens with zero attached hydrogens (tertiary/aromatic N) is 2. The Bertz CT molecular complexity index is 447. The third kappa shape index (κ3) is 5.27. The lowest BCUT2D eigenvalue weighted by Gasteiger charge is -2.36. The first kappa shape index (κ1) is 16.7. The second kappa shape index (κ2) is 8.70. The van der Waals surface area contributed by atoms with Gasteiger partial charge < -0.3 is 14.8 Å². The van der Waals surface area contributed by atoms with Crippen molar-refractivity contribution in [1.29, 1.82) is 0 Å². The Balaban J connectivity index is 1.75. The maximum absolute atomic E-state index is 12.0. The Labute approximate surface area is 131 Å². The van der Waals surface area contributed by atoms with Crippen molar-refractivity contribution >= 4 is 6.09 Å². The van der Waals surface area contributed by atoms with Crippen LogP contribution in [-0.2, 0) is 15.9 Å². The van der Waals surface area contributed by atoms with Gasteiger partial charge in [-0.1, -0.05) is 13.8 Å². The number of carbonyl (C=O) groups excluding carboxylic acids is 1. The van der Waals surface area contributed by atoms with Gasteiger partial charge in [0.15, 0.2) is 0 Å². The quantitative estimate of drug-likeness (QED) is 0.866. The minimum absolute atomic E-state index is 0.0164. The average molecular weight is 307 g/mol. The largest absolute Gasteiger partial charge is 0.449 e. The number of amides is 1. The Hall–Kier alpha value is -1.66. The van der Waals surface area contributed by atoms with Gasteiger partial charge in [-0.3, -0.25) is 9.88 Å². The highest BCUT2D eigenvalue weighted by molar-refractivity contribution is 5.67. The van der Waals surface area contributed by atoms with E-state index in [1.165, 1.54) is 0 Å². The molecule has 1 atom stereocenters. The molecule has 0 radical (unpaired) electrons. The molecule has 6 nitrogen and oxygen atoms in total. The van der Waals surface area contributed by atoms with Crippen molar-refractivity contribution in [2.24, 2.45) is 5.92 Å². The highest BCUT2D eigenvalue weighted by Crippen LogP contribution is 2.10. The lowest BCUT2D eigenvalue weighted by Crippen LogP contribution is -2.54. The van der Waals surface area contributed by atoms with E-state index < -0.39 is 0 Å². The van der Waals surface area contributed by atoms with Crippen LogP contribution >= 0.6 is 0 Å². The van der Waals surface area contributed by atoms with E-state index in [2.05, 4.69) is 29.0 Å². The number of nitrogens with one attached hydrogen (secondary N) is 1. The molecule has 1 aliphatic heterocycles. The molecule has 0 bridgehead atoms. The van der Waals surface area contributed by atoms with Crippen LogP contribution in [0.25, 0.3) is 0 Å². The minimum atomic E-state index is -0.362. The second-order valence-electron chi connectivity index (χ2n) is 5.72. The molecule has 2 heterocycles. The predicted octanol–water partition coefficient (Wildman–Crippen LogP) is 1.66. The summed E-state index contributed by atoms with van der Waals surface area (Å²) in [4.78, 5) is 18.2. The Morgan fingerprint density at radius 3 is 2.68 bits per heavy atom. The van der Waals surface area contributed by atoms with Crippen molar-refractivity contribution in [2.75, 3.05) is 32.9 Å². The predicted molar refractivity (Wildman–Crippen MR) is 83.4 cm³/mol. The molecule has 22 heavy (non-hydrogen) atoms. The number of aromatic nitrogens is 1. The summed E-state index contributed by atoms with van der Waals surface area (Å²) in [6, 6.07) is 3.85. The molecule has 2 rings (SSSR count). The summed E-state index contributed by atoms with van der Waals surface area (Å²) < 4.78 is 10.6. The van der Waals surface area contributed by atoms with Gasteiger partial charge in [0.1, 0.15) is 0 Å². The van der Waals surface area contributed by atoms with Crippen LogP contribution in [0.4, 0.5) is 4.79 Å². The second-order valence-corrected chi connectivity index (χ2v) is 5.72. The van der Waals surface area contributed by atoms with Gasteiger partial charge in [0, 0.05) is 31.9 Å². The van der Waals surface area contributed by atoms with Gasteiger partial charge in [-0.15, -0.1) is 0 Å². The zero-order valence-electron chi connectivity index (χ0n) is 13.3. The van der Waals surface area contributed by atoms with Crippen LogP contribution in [0.15, 0.2) is 24.5 Å². The molecule has 1 N–H and O–H groups in total. The molecule has 1 aromatic rings. The van der Waals surface area contributed by atoms with Crippen molar-refractivity contribution in [3.05, 3.63) is 30.1 Å². The molecule has 0 saturated carbocycles. The molecule has 1 unspecified atom stereocenters. The van der Waals surface area contributed by atoms with Crippen molar-refractivity contribution in [1.82, 2.24) is 15.2 Å². The first-order chi connectivity index (χ1) is 10.7. The maximum Gasteiger partial charge on any atom is 0.408 e. The van der Waals surface area contributed by atoms with Gasteiger partial charge >= 0.3 is 6.09 Å². The number of carbonyl (C=O) groups is 1. The molecule has 0 aromatic carbocycles. The third-order valence-corrected chi connectivity index (χ3v) is 3.71. The van der Waals surface area contributed by atoms with Crippen LogP contribution in [0.1, 0.15) is 19.4 Å². The molecule has 6 heteroatoms. The fraction of sp³-hybridized carbons (Fsp3) is 0.625. The SMILES string of the molecule is CC(C)C(NC(=O)OCCc1ccncc1)N1CCOCC1. The summed E-state index contributed by atoms with van der Waals surface area (Å²) in [5.41, 5.74) is 1.11. The smallest absolute Gasteiger partial charge is 0.408 e. The topological polar surface area (TPSA) is 63.7 Å². The fourth-order valence-electron chi connectivity index (χ4n) is 2.51. The third-order valence-electron chi connectivity index (χ3n) is 3.71. The molecule has 122 valence electrons. The minimum Gasteiger partial charge on any atom is -0.449 e. The van der Waals surface area contributed by atoms with Crippen molar-refractivity contribution in [3.8, 4) is 0 Å². The van der Waals surface area contributed by atoms with Gasteiger partial charge in [-0.05, 0) is 23.6 Å². The highest BCUT2D eigenvalue weighted by atomic mass is 16.5. The Kier molecular flexibility index (Phi) is 6.61. The van der Waals surface area contributed by atoms with Crippen LogP contribution < -0.4 is 5.32 Å². The van der Waals surface area contributed by atoms with Crippen molar-refractivity contribution in [2.45, 2.75) is 26.4 Å². The lowest BCUT2D eigenvalue weighted by molar-refractivity contribution is -0.00328. The molecule has 1 saturated heterocycles. The van der Waals surface area contributed by atoms with E-state index in [9.17, 15) is 4.79 Å². The van der Waals surface area contributed by atoms with Crippen molar-refractivity contribution in [3.63, 3.8) is 0 Å². The molecule has 1 aliphatic rings. The number of hydrogen-bond acceptors (Lipinski definition) is 5. The number of pyridine rings is 1. The highest BCUT2D eigenvalue weighted by Gasteiger charge is 2.25. The summed E-state index contributed by atoms with van der Waals surface area (Å²) in [6.07, 6.45) is 3.79. The number of hydrogen-bond donors (Lipinski definition) is 1. The fourth-order valence-corrected chi connectivity index (χ4v) is 2.51. The van der Waals surface area contributed by atoms with E-state index in [4.69, 9.17) is 9.47 Å². The number of ether oxygens (including phenoxy) is 2.